The molecule has 0 radical (unpaired) electrons. The molecule has 3 nitrogen and oxygen atoms in total. The lowest BCUT2D eigenvalue weighted by molar-refractivity contribution is 0.0695. The summed E-state index contributed by atoms with van der Waals surface area (Å²) in [5, 5.41) is 9.03. The molecular weight excluding hydrogens is 328 g/mol. The largest absolute Gasteiger partial charge is 0.478 e. The highest BCUT2D eigenvalue weighted by atomic mass is 79.9. The van der Waals surface area contributed by atoms with Crippen LogP contribution in [0.15, 0.2) is 57.9 Å². The van der Waals surface area contributed by atoms with Crippen molar-refractivity contribution in [2.24, 2.45) is 0 Å². The SMILES string of the molecule is O=C(O)c1cc(S(=O)Cc2ccccc2)ccc1Br. The minimum absolute atomic E-state index is 0.124. The van der Waals surface area contributed by atoms with E-state index in [9.17, 15) is 9.00 Å². The van der Waals surface area contributed by atoms with Gasteiger partial charge in [0.25, 0.3) is 0 Å². The van der Waals surface area contributed by atoms with E-state index < -0.39 is 16.8 Å². The number of carbonyl (C=O) groups is 1. The number of benzene rings is 2. The summed E-state index contributed by atoms with van der Waals surface area (Å²) in [7, 11) is -1.25. The zero-order valence-corrected chi connectivity index (χ0v) is 12.3. The van der Waals surface area contributed by atoms with Gasteiger partial charge < -0.3 is 5.11 Å². The molecule has 1 unspecified atom stereocenters. The van der Waals surface area contributed by atoms with Crippen molar-refractivity contribution in [3.63, 3.8) is 0 Å². The monoisotopic (exact) mass is 338 g/mol. The van der Waals surface area contributed by atoms with E-state index in [4.69, 9.17) is 5.11 Å². The first-order valence-electron chi connectivity index (χ1n) is 5.53. The van der Waals surface area contributed by atoms with Crippen LogP contribution in [0, 0.1) is 0 Å². The Morgan fingerprint density at radius 3 is 2.47 bits per heavy atom. The summed E-state index contributed by atoms with van der Waals surface area (Å²) in [5.41, 5.74) is 1.08. The van der Waals surface area contributed by atoms with Crippen LogP contribution in [-0.2, 0) is 16.6 Å². The van der Waals surface area contributed by atoms with Crippen LogP contribution in [-0.4, -0.2) is 15.3 Å². The first-order valence-corrected chi connectivity index (χ1v) is 7.64. The first-order chi connectivity index (χ1) is 9.08. The van der Waals surface area contributed by atoms with Gasteiger partial charge in [-0.05, 0) is 39.7 Å². The minimum Gasteiger partial charge on any atom is -0.478 e. The molecule has 1 atom stereocenters. The average Bonchev–Trinajstić information content (AvgIpc) is 2.40. The number of hydrogen-bond donors (Lipinski definition) is 1. The van der Waals surface area contributed by atoms with Gasteiger partial charge in [-0.15, -0.1) is 0 Å². The Morgan fingerprint density at radius 2 is 1.84 bits per heavy atom. The lowest BCUT2D eigenvalue weighted by Crippen LogP contribution is -2.02. The van der Waals surface area contributed by atoms with E-state index in [1.807, 2.05) is 30.3 Å². The Morgan fingerprint density at radius 1 is 1.16 bits per heavy atom. The molecule has 0 saturated heterocycles. The van der Waals surface area contributed by atoms with Crippen LogP contribution in [0.3, 0.4) is 0 Å². The molecule has 5 heteroatoms. The van der Waals surface area contributed by atoms with Gasteiger partial charge in [0.2, 0.25) is 0 Å². The topological polar surface area (TPSA) is 54.4 Å². The van der Waals surface area contributed by atoms with Crippen molar-refractivity contribution in [1.82, 2.24) is 0 Å². The molecular formula is C14H11BrO3S. The van der Waals surface area contributed by atoms with Gasteiger partial charge in [-0.3, -0.25) is 4.21 Å². The van der Waals surface area contributed by atoms with E-state index >= 15 is 0 Å². The van der Waals surface area contributed by atoms with Gasteiger partial charge >= 0.3 is 5.97 Å². The van der Waals surface area contributed by atoms with Crippen molar-refractivity contribution < 1.29 is 14.1 Å². The zero-order valence-electron chi connectivity index (χ0n) is 9.88. The van der Waals surface area contributed by atoms with Gasteiger partial charge in [-0.2, -0.15) is 0 Å². The van der Waals surface area contributed by atoms with Crippen LogP contribution in [0.25, 0.3) is 0 Å². The maximum Gasteiger partial charge on any atom is 0.336 e. The molecule has 0 heterocycles. The molecule has 0 amide bonds. The number of halogens is 1. The summed E-state index contributed by atoms with van der Waals surface area (Å²) >= 11 is 3.17. The van der Waals surface area contributed by atoms with Crippen molar-refractivity contribution in [2.75, 3.05) is 0 Å². The van der Waals surface area contributed by atoms with Crippen molar-refractivity contribution in [3.05, 3.63) is 64.1 Å². The van der Waals surface area contributed by atoms with Crippen LogP contribution in [0.4, 0.5) is 0 Å². The number of aromatic carboxylic acids is 1. The van der Waals surface area contributed by atoms with Crippen LogP contribution in [0.5, 0.6) is 0 Å². The molecule has 0 aromatic heterocycles. The smallest absolute Gasteiger partial charge is 0.336 e. The molecule has 0 spiro atoms. The second-order valence-corrected chi connectivity index (χ2v) is 6.23. The molecule has 2 rings (SSSR count). The van der Waals surface area contributed by atoms with E-state index in [0.717, 1.165) is 5.56 Å². The fourth-order valence-electron chi connectivity index (χ4n) is 1.62. The van der Waals surface area contributed by atoms with E-state index in [1.54, 1.807) is 12.1 Å². The Labute approximate surface area is 121 Å². The molecule has 98 valence electrons. The fraction of sp³-hybridized carbons (Fsp3) is 0.0714. The Kier molecular flexibility index (Phi) is 4.50. The van der Waals surface area contributed by atoms with Crippen LogP contribution < -0.4 is 0 Å². The predicted molar refractivity (Wildman–Crippen MR) is 77.7 cm³/mol. The van der Waals surface area contributed by atoms with Crippen LogP contribution in [0.2, 0.25) is 0 Å². The molecule has 2 aromatic rings. The molecule has 0 saturated carbocycles. The van der Waals surface area contributed by atoms with Gasteiger partial charge in [0.15, 0.2) is 0 Å². The summed E-state index contributed by atoms with van der Waals surface area (Å²) in [4.78, 5) is 11.5. The van der Waals surface area contributed by atoms with E-state index in [0.29, 0.717) is 15.1 Å². The quantitative estimate of drug-likeness (QED) is 0.928. The Balaban J connectivity index is 2.25. The maximum atomic E-state index is 12.2. The van der Waals surface area contributed by atoms with Crippen molar-refractivity contribution in [1.29, 1.82) is 0 Å². The molecule has 0 aliphatic rings. The fourth-order valence-corrected chi connectivity index (χ4v) is 3.17. The molecule has 0 fully saturated rings. The number of carboxylic acids is 1. The predicted octanol–water partition coefficient (Wildman–Crippen LogP) is 3.46. The highest BCUT2D eigenvalue weighted by molar-refractivity contribution is 9.10. The van der Waals surface area contributed by atoms with Crippen molar-refractivity contribution >= 4 is 32.7 Å². The summed E-state index contributed by atoms with van der Waals surface area (Å²) in [6.07, 6.45) is 0. The van der Waals surface area contributed by atoms with E-state index in [2.05, 4.69) is 15.9 Å². The van der Waals surface area contributed by atoms with Gasteiger partial charge in [0, 0.05) is 9.37 Å². The Bertz CT molecular complexity index is 626. The zero-order chi connectivity index (χ0) is 13.8. The van der Waals surface area contributed by atoms with Crippen molar-refractivity contribution in [3.8, 4) is 0 Å². The number of hydrogen-bond acceptors (Lipinski definition) is 2. The second kappa shape index (κ2) is 6.12. The Hall–Kier alpha value is -1.46. The number of carboxylic acid groups (broad SMARTS) is 1. The third-order valence-electron chi connectivity index (χ3n) is 2.57. The van der Waals surface area contributed by atoms with E-state index in [-0.39, 0.29) is 5.56 Å². The highest BCUT2D eigenvalue weighted by Crippen LogP contribution is 2.21. The molecule has 2 aromatic carbocycles. The van der Waals surface area contributed by atoms with Gasteiger partial charge in [0.05, 0.1) is 22.1 Å². The standard InChI is InChI=1S/C14H11BrO3S/c15-13-7-6-11(8-12(13)14(16)17)19(18)9-10-4-2-1-3-5-10/h1-8H,9H2,(H,16,17). The molecule has 0 aliphatic heterocycles. The van der Waals surface area contributed by atoms with Gasteiger partial charge in [0.1, 0.15) is 0 Å². The van der Waals surface area contributed by atoms with Gasteiger partial charge in [-0.25, -0.2) is 4.79 Å². The normalized spacial score (nSPS) is 12.1. The molecule has 1 N–H and O–H groups in total. The van der Waals surface area contributed by atoms with Gasteiger partial charge in [-0.1, -0.05) is 30.3 Å². The summed E-state index contributed by atoms with van der Waals surface area (Å²) in [5.74, 6) is -0.660. The maximum absolute atomic E-state index is 12.2. The molecule has 0 aliphatic carbocycles. The third-order valence-corrected chi connectivity index (χ3v) is 4.64. The van der Waals surface area contributed by atoms with E-state index in [1.165, 1.54) is 6.07 Å². The summed E-state index contributed by atoms with van der Waals surface area (Å²) in [6.45, 7) is 0. The molecule has 19 heavy (non-hydrogen) atoms. The second-order valence-electron chi connectivity index (χ2n) is 3.92. The number of rotatable bonds is 4. The lowest BCUT2D eigenvalue weighted by Gasteiger charge is -2.05. The van der Waals surface area contributed by atoms with Crippen LogP contribution in [0.1, 0.15) is 15.9 Å². The minimum atomic E-state index is -1.25. The third kappa shape index (κ3) is 3.52. The van der Waals surface area contributed by atoms with Crippen LogP contribution >= 0.6 is 15.9 Å². The summed E-state index contributed by atoms with van der Waals surface area (Å²) < 4.78 is 12.7. The lowest BCUT2D eigenvalue weighted by atomic mass is 10.2. The average molecular weight is 339 g/mol. The first kappa shape index (κ1) is 14.0. The highest BCUT2D eigenvalue weighted by Gasteiger charge is 2.12. The van der Waals surface area contributed by atoms with Crippen molar-refractivity contribution in [2.45, 2.75) is 10.6 Å². The summed E-state index contributed by atoms with van der Waals surface area (Å²) in [6, 6.07) is 14.2. The molecule has 0 bridgehead atoms.